The third-order valence-corrected chi connectivity index (χ3v) is 10.1. The Morgan fingerprint density at radius 3 is 2.56 bits per heavy atom. The van der Waals surface area contributed by atoms with Crippen LogP contribution in [0.5, 0.6) is 0 Å². The van der Waals surface area contributed by atoms with Gasteiger partial charge in [-0.25, -0.2) is 20.4 Å². The first-order valence-electron chi connectivity index (χ1n) is 17.4. The zero-order valence-electron chi connectivity index (χ0n) is 30.2. The molecule has 3 aromatic heterocycles. The average molecular weight is 703 g/mol. The van der Waals surface area contributed by atoms with Gasteiger partial charge in [-0.2, -0.15) is 0 Å². The highest BCUT2D eigenvalue weighted by atomic mass is 32.1. The molecule has 2 amide bonds. The number of thiazole rings is 1. The third-order valence-electron chi connectivity index (χ3n) is 9.19. The average Bonchev–Trinajstić information content (AvgIpc) is 3.69. The Labute approximate surface area is 298 Å². The quantitative estimate of drug-likeness (QED) is 0.169. The molecule has 4 heterocycles. The Hall–Kier alpha value is -4.20. The molecule has 1 aliphatic heterocycles. The summed E-state index contributed by atoms with van der Waals surface area (Å²) in [4.78, 5) is 53.9. The molecule has 2 unspecified atom stereocenters. The lowest BCUT2D eigenvalue weighted by atomic mass is 9.84. The summed E-state index contributed by atoms with van der Waals surface area (Å²) in [5.41, 5.74) is 8.78. The molecule has 4 aromatic rings. The van der Waals surface area contributed by atoms with Gasteiger partial charge in [0.2, 0.25) is 5.91 Å². The molecule has 268 valence electrons. The van der Waals surface area contributed by atoms with Crippen molar-refractivity contribution in [1.29, 1.82) is 0 Å². The number of ether oxygens (including phenoxy) is 1. The summed E-state index contributed by atoms with van der Waals surface area (Å²) in [5, 5.41) is 8.59. The van der Waals surface area contributed by atoms with E-state index in [1.807, 2.05) is 50.6 Å². The topological polar surface area (TPSA) is 135 Å². The molecule has 12 nitrogen and oxygen atoms in total. The second-order valence-electron chi connectivity index (χ2n) is 14.3. The van der Waals surface area contributed by atoms with Crippen LogP contribution in [0, 0.1) is 11.3 Å². The fourth-order valence-electron chi connectivity index (χ4n) is 7.00. The number of rotatable bonds is 15. The number of amides is 2. The highest BCUT2D eigenvalue weighted by molar-refractivity contribution is 7.10. The number of nitrogens with zero attached hydrogens (tertiary/aromatic N) is 6. The predicted octanol–water partition coefficient (Wildman–Crippen LogP) is 4.72. The van der Waals surface area contributed by atoms with Gasteiger partial charge >= 0.3 is 0 Å². The van der Waals surface area contributed by atoms with Crippen molar-refractivity contribution < 1.29 is 19.1 Å². The highest BCUT2D eigenvalue weighted by Crippen LogP contribution is 2.39. The lowest BCUT2D eigenvalue weighted by molar-refractivity contribution is -0.141. The van der Waals surface area contributed by atoms with Crippen molar-refractivity contribution in [3.63, 3.8) is 0 Å². The van der Waals surface area contributed by atoms with Crippen LogP contribution in [0.1, 0.15) is 58.0 Å². The number of aromatic nitrogens is 4. The minimum Gasteiger partial charge on any atom is -0.467 e. The first-order valence-corrected chi connectivity index (χ1v) is 18.2. The Morgan fingerprint density at radius 1 is 1.16 bits per heavy atom. The molecule has 1 fully saturated rings. The second-order valence-corrected chi connectivity index (χ2v) is 15.3. The molecule has 0 saturated carbocycles. The van der Waals surface area contributed by atoms with E-state index in [0.717, 1.165) is 69.9 Å². The van der Waals surface area contributed by atoms with Gasteiger partial charge < -0.3 is 14.6 Å². The maximum Gasteiger partial charge on any atom is 0.293 e. The molecule has 0 radical (unpaired) electrons. The molecule has 50 heavy (non-hydrogen) atoms. The minimum absolute atomic E-state index is 0.0702. The van der Waals surface area contributed by atoms with Gasteiger partial charge in [-0.3, -0.25) is 24.3 Å². The number of carbonyl (C=O) groups is 3. The van der Waals surface area contributed by atoms with Gasteiger partial charge in [0, 0.05) is 71.3 Å². The van der Waals surface area contributed by atoms with E-state index in [9.17, 15) is 14.4 Å². The molecule has 1 aromatic carbocycles. The smallest absolute Gasteiger partial charge is 0.293 e. The number of hydrazine groups is 1. The Kier molecular flexibility index (Phi) is 12.0. The molecular weight excluding hydrogens is 653 g/mol. The van der Waals surface area contributed by atoms with Gasteiger partial charge in [-0.15, -0.1) is 11.3 Å². The fraction of sp³-hybridized carbons (Fsp3) is 0.514. The minimum atomic E-state index is -0.757. The molecule has 0 spiro atoms. The summed E-state index contributed by atoms with van der Waals surface area (Å²) in [6.45, 7) is 13.2. The maximum absolute atomic E-state index is 13.8. The van der Waals surface area contributed by atoms with Crippen molar-refractivity contribution in [3.8, 4) is 22.5 Å². The van der Waals surface area contributed by atoms with Crippen LogP contribution in [0.4, 0.5) is 0 Å². The number of carbonyl (C=O) groups excluding carboxylic acids is 3. The lowest BCUT2D eigenvalue weighted by Gasteiger charge is -2.33. The van der Waals surface area contributed by atoms with Gasteiger partial charge in [0.25, 0.3) is 12.4 Å². The highest BCUT2D eigenvalue weighted by Gasteiger charge is 2.33. The van der Waals surface area contributed by atoms with E-state index < -0.39 is 6.04 Å². The van der Waals surface area contributed by atoms with Crippen LogP contribution in [0.15, 0.2) is 42.3 Å². The number of benzene rings is 1. The number of fused-ring (bicyclic) bond motifs is 1. The third kappa shape index (κ3) is 8.39. The molecule has 0 bridgehead atoms. The van der Waals surface area contributed by atoms with E-state index in [4.69, 9.17) is 9.72 Å². The molecule has 1 aliphatic rings. The van der Waals surface area contributed by atoms with Crippen molar-refractivity contribution in [2.24, 2.45) is 11.3 Å². The second kappa shape index (κ2) is 16.2. The van der Waals surface area contributed by atoms with E-state index in [1.54, 1.807) is 5.01 Å². The summed E-state index contributed by atoms with van der Waals surface area (Å²) in [6, 6.07) is 5.25. The molecule has 5 rings (SSSR count). The predicted molar refractivity (Wildman–Crippen MR) is 196 cm³/mol. The Morgan fingerprint density at radius 2 is 1.92 bits per heavy atom. The molecule has 2 atom stereocenters. The van der Waals surface area contributed by atoms with E-state index in [1.165, 1.54) is 17.7 Å². The van der Waals surface area contributed by atoms with Crippen LogP contribution in [0.3, 0.4) is 0 Å². The van der Waals surface area contributed by atoms with Gasteiger partial charge in [-0.1, -0.05) is 33.8 Å². The largest absolute Gasteiger partial charge is 0.467 e. The van der Waals surface area contributed by atoms with Crippen molar-refractivity contribution in [3.05, 3.63) is 52.9 Å². The summed E-state index contributed by atoms with van der Waals surface area (Å²) >= 11 is 1.49. The molecule has 0 aliphatic carbocycles. The van der Waals surface area contributed by atoms with E-state index in [-0.39, 0.29) is 42.2 Å². The number of hydrogen-bond acceptors (Lipinski definition) is 10. The van der Waals surface area contributed by atoms with Gasteiger partial charge in [0.1, 0.15) is 12.4 Å². The molecular formula is C37H50N8O4S. The summed E-state index contributed by atoms with van der Waals surface area (Å²) in [6.07, 6.45) is 8.05. The van der Waals surface area contributed by atoms with E-state index >= 15 is 0 Å². The zero-order valence-corrected chi connectivity index (χ0v) is 31.0. The first kappa shape index (κ1) is 37.1. The molecule has 2 N–H and O–H groups in total. The van der Waals surface area contributed by atoms with Gasteiger partial charge in [0.05, 0.1) is 29.0 Å². The summed E-state index contributed by atoms with van der Waals surface area (Å²) < 4.78 is 7.50. The van der Waals surface area contributed by atoms with Gasteiger partial charge in [0.15, 0.2) is 0 Å². The first-order chi connectivity index (χ1) is 23.9. The van der Waals surface area contributed by atoms with Crippen LogP contribution < -0.4 is 10.7 Å². The molecule has 1 saturated heterocycles. The van der Waals surface area contributed by atoms with Crippen LogP contribution in [0.2, 0.25) is 0 Å². The molecule has 13 heteroatoms. The van der Waals surface area contributed by atoms with Crippen LogP contribution in [-0.4, -0.2) is 93.6 Å². The number of aryl methyl sites for hydroxylation is 1. The SMILES string of the molecule is CCn1c(-c2cncnc2)c(CC(C)(C)COC=O)c2cc(-c3csc(CC(NC(=O)C(C(C)C)N(C)C)C(=O)N4CCCCN4)n3)ccc21. The van der Waals surface area contributed by atoms with Gasteiger partial charge in [-0.05, 0) is 63.9 Å². The zero-order chi connectivity index (χ0) is 36.0. The summed E-state index contributed by atoms with van der Waals surface area (Å²) in [5.74, 6) is -0.251. The van der Waals surface area contributed by atoms with Crippen LogP contribution in [0.25, 0.3) is 33.4 Å². The van der Waals surface area contributed by atoms with E-state index in [0.29, 0.717) is 19.4 Å². The Bertz CT molecular complexity index is 1770. The van der Waals surface area contributed by atoms with Crippen molar-refractivity contribution in [2.75, 3.05) is 33.8 Å². The van der Waals surface area contributed by atoms with E-state index in [2.05, 4.69) is 64.2 Å². The maximum atomic E-state index is 13.8. The number of nitrogens with one attached hydrogen (secondary N) is 2. The fourth-order valence-corrected chi connectivity index (χ4v) is 7.85. The lowest BCUT2D eigenvalue weighted by Crippen LogP contribution is -2.58. The van der Waals surface area contributed by atoms with Crippen LogP contribution in [-0.2, 0) is 38.5 Å². The van der Waals surface area contributed by atoms with Crippen LogP contribution >= 0.6 is 11.3 Å². The standard InChI is InChI=1S/C37H50N8O4S/c1-8-44-31-12-11-25(15-27(31)28(17-37(4,5)21-49-23-46)34(44)26-18-38-22-39-19-26)30-20-50-32(41-30)16-29(36(48)45-14-10-9-13-40-45)42-35(47)33(24(2)3)43(6)7/h11-12,15,18-20,22-24,29,33,40H,8-10,13-14,16-17,21H2,1-7H3,(H,42,47). The van der Waals surface area contributed by atoms with Crippen molar-refractivity contribution >= 4 is 40.5 Å². The Balaban J connectivity index is 1.50. The normalized spacial score (nSPS) is 15.0. The van der Waals surface area contributed by atoms with Crippen molar-refractivity contribution in [2.45, 2.75) is 78.9 Å². The number of hydrogen-bond donors (Lipinski definition) is 2. The summed E-state index contributed by atoms with van der Waals surface area (Å²) in [7, 11) is 3.77. The number of likely N-dealkylation sites (N-methyl/N-ethyl adjacent to an activating group) is 1. The van der Waals surface area contributed by atoms with Crippen molar-refractivity contribution in [1.82, 2.24) is 40.2 Å². The monoisotopic (exact) mass is 702 g/mol.